The summed E-state index contributed by atoms with van der Waals surface area (Å²) in [5, 5.41) is 0. The molecule has 1 aromatic heterocycles. The SMILES string of the molecule is CCCC1OC(c2ccncc2N)CC(O[Si](C(C)C)(C(C)C)C(C)C)C1O[Si](C(C)C)(C(C)C)C(C)C. The largest absolute Gasteiger partial charge is 0.410 e. The first kappa shape index (κ1) is 33.5. The topological polar surface area (TPSA) is 66.6 Å². The van der Waals surface area contributed by atoms with E-state index in [4.69, 9.17) is 19.3 Å². The van der Waals surface area contributed by atoms with E-state index in [1.165, 1.54) is 0 Å². The lowest BCUT2D eigenvalue weighted by atomic mass is 9.92. The van der Waals surface area contributed by atoms with E-state index in [2.05, 4.69) is 95.0 Å². The Kier molecular flexibility index (Phi) is 12.1. The number of nitrogen functional groups attached to an aromatic ring is 1. The van der Waals surface area contributed by atoms with Gasteiger partial charge < -0.3 is 19.3 Å². The van der Waals surface area contributed by atoms with Crippen molar-refractivity contribution in [2.75, 3.05) is 5.73 Å². The van der Waals surface area contributed by atoms with E-state index in [0.717, 1.165) is 24.8 Å². The molecule has 1 saturated heterocycles. The van der Waals surface area contributed by atoms with Crippen molar-refractivity contribution in [1.82, 2.24) is 4.98 Å². The van der Waals surface area contributed by atoms with Gasteiger partial charge in [-0.15, -0.1) is 0 Å². The van der Waals surface area contributed by atoms with Crippen LogP contribution < -0.4 is 5.73 Å². The molecule has 4 atom stereocenters. The molecule has 38 heavy (non-hydrogen) atoms. The number of hydrogen-bond donors (Lipinski definition) is 1. The Hall–Kier alpha value is -0.736. The number of nitrogens with zero attached hydrogens (tertiary/aromatic N) is 1. The molecule has 0 amide bonds. The maximum absolute atomic E-state index is 7.63. The summed E-state index contributed by atoms with van der Waals surface area (Å²) in [6, 6.07) is 2.02. The molecular weight excluding hydrogens is 505 g/mol. The molecule has 5 nitrogen and oxygen atoms in total. The Balaban J connectivity index is 2.70. The average molecular weight is 565 g/mol. The van der Waals surface area contributed by atoms with E-state index >= 15 is 0 Å². The summed E-state index contributed by atoms with van der Waals surface area (Å²) in [6.45, 7) is 30.7. The van der Waals surface area contributed by atoms with Crippen LogP contribution in [0.4, 0.5) is 5.69 Å². The third-order valence-corrected chi connectivity index (χ3v) is 21.7. The number of rotatable bonds is 13. The van der Waals surface area contributed by atoms with Crippen molar-refractivity contribution in [3.8, 4) is 0 Å². The van der Waals surface area contributed by atoms with Crippen molar-refractivity contribution in [2.45, 2.75) is 167 Å². The highest BCUT2D eigenvalue weighted by Crippen LogP contribution is 2.50. The normalized spacial score (nSPS) is 23.6. The first-order chi connectivity index (χ1) is 17.7. The molecule has 2 heterocycles. The van der Waals surface area contributed by atoms with Crippen LogP contribution in [0.25, 0.3) is 0 Å². The molecule has 0 spiro atoms. The van der Waals surface area contributed by atoms with Gasteiger partial charge in [-0.1, -0.05) is 96.4 Å². The van der Waals surface area contributed by atoms with Crippen molar-refractivity contribution in [2.24, 2.45) is 0 Å². The van der Waals surface area contributed by atoms with Crippen LogP contribution in [0.15, 0.2) is 18.5 Å². The predicted octanol–water partition coefficient (Wildman–Crippen LogP) is 9.42. The molecule has 1 aliphatic heterocycles. The van der Waals surface area contributed by atoms with Crippen LogP contribution >= 0.6 is 0 Å². The monoisotopic (exact) mass is 564 g/mol. The maximum atomic E-state index is 7.63. The summed E-state index contributed by atoms with van der Waals surface area (Å²) in [5.41, 5.74) is 11.2. The van der Waals surface area contributed by atoms with E-state index in [-0.39, 0.29) is 24.4 Å². The summed E-state index contributed by atoms with van der Waals surface area (Å²) >= 11 is 0. The molecule has 4 unspecified atom stereocenters. The van der Waals surface area contributed by atoms with Gasteiger partial charge in [0, 0.05) is 18.2 Å². The van der Waals surface area contributed by atoms with Crippen LogP contribution in [0.2, 0.25) is 33.2 Å². The summed E-state index contributed by atoms with van der Waals surface area (Å²) in [4.78, 5) is 4.24. The number of nitrogens with two attached hydrogens (primary N) is 1. The van der Waals surface area contributed by atoms with Crippen molar-refractivity contribution < 1.29 is 13.6 Å². The zero-order valence-corrected chi connectivity index (χ0v) is 28.9. The molecule has 0 aliphatic carbocycles. The fraction of sp³-hybridized carbons (Fsp3) is 0.839. The standard InChI is InChI=1S/C31H60N2O3Si2/c1-14-15-28-31(36-38(23(8)9,24(10)11)25(12)13)30(35-37(20(2)3,21(4)5)22(6)7)18-29(34-28)26-16-17-33-19-27(26)32/h16-17,19-25,28-31H,14-15,18,32H2,1-13H3. The van der Waals surface area contributed by atoms with Crippen LogP contribution in [-0.2, 0) is 13.6 Å². The zero-order valence-electron chi connectivity index (χ0n) is 26.9. The minimum atomic E-state index is -2.18. The number of pyridine rings is 1. The Labute approximate surface area is 237 Å². The van der Waals surface area contributed by atoms with Gasteiger partial charge in [-0.05, 0) is 45.7 Å². The lowest BCUT2D eigenvalue weighted by Crippen LogP contribution is -2.61. The quantitative estimate of drug-likeness (QED) is 0.242. The second-order valence-corrected chi connectivity index (χ2v) is 24.4. The summed E-state index contributed by atoms with van der Waals surface area (Å²) in [7, 11) is -4.35. The number of anilines is 1. The fourth-order valence-electron chi connectivity index (χ4n) is 7.94. The molecule has 0 saturated carbocycles. The summed E-state index contributed by atoms with van der Waals surface area (Å²) in [6.07, 6.45) is 6.07. The highest BCUT2D eigenvalue weighted by atomic mass is 28.4. The van der Waals surface area contributed by atoms with Gasteiger partial charge in [-0.3, -0.25) is 4.98 Å². The average Bonchev–Trinajstić information content (AvgIpc) is 2.80. The molecule has 7 heteroatoms. The molecule has 220 valence electrons. The third kappa shape index (κ3) is 6.59. The minimum absolute atomic E-state index is 0.0279. The molecule has 0 aromatic carbocycles. The van der Waals surface area contributed by atoms with Crippen molar-refractivity contribution in [3.05, 3.63) is 24.0 Å². The third-order valence-electron chi connectivity index (χ3n) is 9.44. The fourth-order valence-corrected chi connectivity index (χ4v) is 19.1. The summed E-state index contributed by atoms with van der Waals surface area (Å²) in [5.74, 6) is 0. The maximum Gasteiger partial charge on any atom is 0.201 e. The second-order valence-electron chi connectivity index (χ2n) is 13.6. The van der Waals surface area contributed by atoms with Crippen molar-refractivity contribution in [3.63, 3.8) is 0 Å². The van der Waals surface area contributed by atoms with Crippen LogP contribution in [0.3, 0.4) is 0 Å². The van der Waals surface area contributed by atoms with E-state index in [9.17, 15) is 0 Å². The first-order valence-electron chi connectivity index (χ1n) is 15.4. The van der Waals surface area contributed by atoms with Gasteiger partial charge in [0.25, 0.3) is 0 Å². The van der Waals surface area contributed by atoms with Gasteiger partial charge in [0.15, 0.2) is 0 Å². The van der Waals surface area contributed by atoms with Gasteiger partial charge in [-0.2, -0.15) is 0 Å². The van der Waals surface area contributed by atoms with E-state index in [1.54, 1.807) is 6.20 Å². The molecule has 0 radical (unpaired) electrons. The van der Waals surface area contributed by atoms with Crippen LogP contribution in [-0.4, -0.2) is 39.9 Å². The molecule has 1 aliphatic rings. The minimum Gasteiger partial charge on any atom is -0.410 e. The Morgan fingerprint density at radius 3 is 1.74 bits per heavy atom. The lowest BCUT2D eigenvalue weighted by Gasteiger charge is -2.53. The zero-order chi connectivity index (χ0) is 29.0. The van der Waals surface area contributed by atoms with E-state index in [0.29, 0.717) is 38.9 Å². The molecule has 2 rings (SSSR count). The van der Waals surface area contributed by atoms with Gasteiger partial charge in [0.05, 0.1) is 36.3 Å². The van der Waals surface area contributed by atoms with Crippen LogP contribution in [0.1, 0.15) is 121 Å². The van der Waals surface area contributed by atoms with Crippen LogP contribution in [0.5, 0.6) is 0 Å². The second kappa shape index (κ2) is 13.8. The van der Waals surface area contributed by atoms with E-state index < -0.39 is 16.6 Å². The lowest BCUT2D eigenvalue weighted by molar-refractivity contribution is -0.164. The number of hydrogen-bond acceptors (Lipinski definition) is 5. The Morgan fingerprint density at radius 2 is 1.32 bits per heavy atom. The molecule has 0 bridgehead atoms. The Bertz CT molecular complexity index is 816. The Morgan fingerprint density at radius 1 is 0.842 bits per heavy atom. The number of aromatic nitrogens is 1. The van der Waals surface area contributed by atoms with Crippen molar-refractivity contribution >= 4 is 22.3 Å². The molecular formula is C31H60N2O3Si2. The van der Waals surface area contributed by atoms with Gasteiger partial charge in [0.2, 0.25) is 16.6 Å². The van der Waals surface area contributed by atoms with Crippen molar-refractivity contribution in [1.29, 1.82) is 0 Å². The van der Waals surface area contributed by atoms with Gasteiger partial charge in [0.1, 0.15) is 0 Å². The molecule has 1 aromatic rings. The highest BCUT2D eigenvalue weighted by Gasteiger charge is 2.54. The van der Waals surface area contributed by atoms with E-state index in [1.807, 2.05) is 12.3 Å². The number of ether oxygens (including phenoxy) is 1. The van der Waals surface area contributed by atoms with Gasteiger partial charge in [-0.25, -0.2) is 0 Å². The van der Waals surface area contributed by atoms with Crippen LogP contribution in [0, 0.1) is 0 Å². The van der Waals surface area contributed by atoms with Gasteiger partial charge >= 0.3 is 0 Å². The molecule has 2 N–H and O–H groups in total. The molecule has 1 fully saturated rings. The highest BCUT2D eigenvalue weighted by molar-refractivity contribution is 6.78. The smallest absolute Gasteiger partial charge is 0.201 e. The first-order valence-corrected chi connectivity index (χ1v) is 19.6. The summed E-state index contributed by atoms with van der Waals surface area (Å²) < 4.78 is 22.2. The predicted molar refractivity (Wildman–Crippen MR) is 168 cm³/mol.